The molecule has 0 saturated carbocycles. The van der Waals surface area contributed by atoms with Crippen LogP contribution in [0.25, 0.3) is 10.4 Å². The van der Waals surface area contributed by atoms with E-state index in [1.165, 1.54) is 0 Å². The summed E-state index contributed by atoms with van der Waals surface area (Å²) < 4.78 is 5.32. The number of aliphatic hydroxyl groups excluding tert-OH is 1. The van der Waals surface area contributed by atoms with Crippen LogP contribution in [0, 0.1) is 5.92 Å². The average molecular weight is 562 g/mol. The number of carbonyl (C=O) groups is 2. The Morgan fingerprint density at radius 1 is 1.00 bits per heavy atom. The zero-order valence-electron chi connectivity index (χ0n) is 23.1. The molecule has 1 saturated heterocycles. The summed E-state index contributed by atoms with van der Waals surface area (Å²) in [6, 6.07) is 31.0. The minimum atomic E-state index is -0.636. The van der Waals surface area contributed by atoms with Crippen LogP contribution in [0.2, 0.25) is 0 Å². The molecule has 4 aromatic carbocycles. The molecule has 5 rings (SSSR count). The molecule has 42 heavy (non-hydrogen) atoms. The zero-order chi connectivity index (χ0) is 29.5. The van der Waals surface area contributed by atoms with Crippen LogP contribution in [-0.2, 0) is 11.3 Å². The van der Waals surface area contributed by atoms with Crippen LogP contribution in [-0.4, -0.2) is 24.0 Å². The quantitative estimate of drug-likeness (QED) is 0.0905. The number of azide groups is 1. The minimum absolute atomic E-state index is 0.0151. The summed E-state index contributed by atoms with van der Waals surface area (Å²) in [7, 11) is 1.62. The Bertz CT molecular complexity index is 1570. The van der Waals surface area contributed by atoms with E-state index in [9.17, 15) is 14.7 Å². The first-order valence-electron chi connectivity index (χ1n) is 13.7. The Morgan fingerprint density at radius 2 is 1.69 bits per heavy atom. The first-order chi connectivity index (χ1) is 20.5. The van der Waals surface area contributed by atoms with E-state index in [0.717, 1.165) is 28.1 Å². The van der Waals surface area contributed by atoms with E-state index < -0.39 is 6.10 Å². The normalized spacial score (nSPS) is 16.6. The van der Waals surface area contributed by atoms with E-state index in [1.54, 1.807) is 36.3 Å². The summed E-state index contributed by atoms with van der Waals surface area (Å²) >= 11 is 0. The maximum absolute atomic E-state index is 13.5. The summed E-state index contributed by atoms with van der Waals surface area (Å²) in [6.07, 6.45) is 0.396. The predicted octanol–water partition coefficient (Wildman–Crippen LogP) is 6.78. The smallest absolute Gasteiger partial charge is 0.251 e. The third-order valence-electron chi connectivity index (χ3n) is 7.56. The molecule has 1 aliphatic heterocycles. The van der Waals surface area contributed by atoms with Crippen LogP contribution < -0.4 is 15.0 Å². The van der Waals surface area contributed by atoms with E-state index in [-0.39, 0.29) is 23.8 Å². The van der Waals surface area contributed by atoms with Crippen molar-refractivity contribution in [2.45, 2.75) is 31.5 Å². The van der Waals surface area contributed by atoms with Gasteiger partial charge in [-0.2, -0.15) is 0 Å². The number of benzene rings is 4. The fraction of sp³-hybridized carbons (Fsp3) is 0.212. The number of hydrogen-bond acceptors (Lipinski definition) is 5. The van der Waals surface area contributed by atoms with Crippen molar-refractivity contribution in [3.63, 3.8) is 0 Å². The summed E-state index contributed by atoms with van der Waals surface area (Å²) in [5.74, 6) is 0.247. The van der Waals surface area contributed by atoms with Gasteiger partial charge in [-0.25, -0.2) is 0 Å². The molecule has 212 valence electrons. The fourth-order valence-corrected chi connectivity index (χ4v) is 5.27. The lowest BCUT2D eigenvalue weighted by molar-refractivity contribution is -0.131. The van der Waals surface area contributed by atoms with Gasteiger partial charge in [0, 0.05) is 28.4 Å². The third kappa shape index (κ3) is 6.28. The van der Waals surface area contributed by atoms with E-state index in [1.807, 2.05) is 78.9 Å². The number of anilines is 1. The molecule has 0 aliphatic carbocycles. The van der Waals surface area contributed by atoms with Crippen molar-refractivity contribution in [3.8, 4) is 5.75 Å². The maximum atomic E-state index is 13.5. The number of amides is 2. The van der Waals surface area contributed by atoms with Crippen LogP contribution in [0.3, 0.4) is 0 Å². The van der Waals surface area contributed by atoms with Crippen LogP contribution in [0.4, 0.5) is 11.4 Å². The van der Waals surface area contributed by atoms with Gasteiger partial charge in [-0.05, 0) is 71.5 Å². The molecule has 9 nitrogen and oxygen atoms in total. The highest BCUT2D eigenvalue weighted by Gasteiger charge is 2.48. The topological polar surface area (TPSA) is 128 Å². The molecule has 2 amide bonds. The second-order valence-electron chi connectivity index (χ2n) is 10.1. The lowest BCUT2D eigenvalue weighted by Crippen LogP contribution is -2.55. The Balaban J connectivity index is 1.27. The Kier molecular flexibility index (Phi) is 8.82. The van der Waals surface area contributed by atoms with Gasteiger partial charge >= 0.3 is 0 Å². The highest BCUT2D eigenvalue weighted by Crippen LogP contribution is 2.46. The van der Waals surface area contributed by atoms with Gasteiger partial charge in [0.1, 0.15) is 5.75 Å². The molecule has 1 fully saturated rings. The second kappa shape index (κ2) is 13.0. The highest BCUT2D eigenvalue weighted by atomic mass is 16.5. The fourth-order valence-electron chi connectivity index (χ4n) is 5.27. The van der Waals surface area contributed by atoms with Gasteiger partial charge in [-0.3, -0.25) is 9.59 Å². The number of nitrogens with zero attached hydrogens (tertiary/aromatic N) is 4. The zero-order valence-corrected chi connectivity index (χ0v) is 23.1. The van der Waals surface area contributed by atoms with E-state index in [2.05, 4.69) is 15.3 Å². The number of rotatable bonds is 11. The van der Waals surface area contributed by atoms with Gasteiger partial charge in [0.2, 0.25) is 5.91 Å². The molecule has 2 N–H and O–H groups in total. The first-order valence-corrected chi connectivity index (χ1v) is 13.7. The van der Waals surface area contributed by atoms with Gasteiger partial charge in [-0.15, -0.1) is 0 Å². The number of ether oxygens (including phenoxy) is 1. The Morgan fingerprint density at radius 3 is 2.33 bits per heavy atom. The molecule has 0 spiro atoms. The molecule has 0 radical (unpaired) electrons. The number of nitrogens with one attached hydrogen (secondary N) is 1. The number of β-lactam (4-membered cyclic amide) rings is 1. The Hall–Kier alpha value is -5.11. The lowest BCUT2D eigenvalue weighted by atomic mass is 9.78. The average Bonchev–Trinajstić information content (AvgIpc) is 3.04. The van der Waals surface area contributed by atoms with Gasteiger partial charge < -0.3 is 20.1 Å². The monoisotopic (exact) mass is 561 g/mol. The molecule has 3 atom stereocenters. The van der Waals surface area contributed by atoms with Crippen molar-refractivity contribution in [1.29, 1.82) is 0 Å². The summed E-state index contributed by atoms with van der Waals surface area (Å²) in [5, 5.41) is 17.1. The number of aliphatic hydroxyl groups is 1. The largest absolute Gasteiger partial charge is 0.497 e. The number of carbonyl (C=O) groups excluding carboxylic acids is 2. The van der Waals surface area contributed by atoms with E-state index in [0.29, 0.717) is 30.6 Å². The van der Waals surface area contributed by atoms with Crippen LogP contribution >= 0.6 is 0 Å². The van der Waals surface area contributed by atoms with E-state index >= 15 is 0 Å². The Labute approximate surface area is 244 Å². The van der Waals surface area contributed by atoms with Gasteiger partial charge in [-0.1, -0.05) is 71.8 Å². The van der Waals surface area contributed by atoms with Crippen molar-refractivity contribution < 1.29 is 19.4 Å². The summed E-state index contributed by atoms with van der Waals surface area (Å²) in [4.78, 5) is 30.6. The molecule has 0 bridgehead atoms. The molecular weight excluding hydrogens is 530 g/mol. The highest BCUT2D eigenvalue weighted by molar-refractivity contribution is 6.03. The predicted molar refractivity (Wildman–Crippen MR) is 160 cm³/mol. The van der Waals surface area contributed by atoms with Crippen molar-refractivity contribution in [2.75, 3.05) is 12.0 Å². The van der Waals surface area contributed by atoms with Gasteiger partial charge in [0.15, 0.2) is 0 Å². The number of methoxy groups -OCH3 is 1. The van der Waals surface area contributed by atoms with Crippen molar-refractivity contribution in [2.24, 2.45) is 11.0 Å². The summed E-state index contributed by atoms with van der Waals surface area (Å²) in [5.41, 5.74) is 12.9. The lowest BCUT2D eigenvalue weighted by Gasteiger charge is -2.48. The van der Waals surface area contributed by atoms with Crippen molar-refractivity contribution in [3.05, 3.63) is 136 Å². The van der Waals surface area contributed by atoms with Crippen molar-refractivity contribution >= 4 is 23.2 Å². The molecular formula is C33H31N5O4. The minimum Gasteiger partial charge on any atom is -0.497 e. The molecule has 0 aromatic heterocycles. The number of hydrogen-bond donors (Lipinski definition) is 2. The van der Waals surface area contributed by atoms with Crippen LogP contribution in [0.15, 0.2) is 108 Å². The third-order valence-corrected chi connectivity index (χ3v) is 7.56. The van der Waals surface area contributed by atoms with Crippen LogP contribution in [0.1, 0.15) is 52.0 Å². The molecule has 4 aromatic rings. The standard InChI is InChI=1S/C33H31N5O4/c1-42-28-17-11-24(12-18-28)31-29(19-20-30(39)23-5-3-2-4-6-23)33(41)38(31)27-15-7-22(8-16-27)21-35-32(40)25-9-13-26(14-10-25)36-37-34/h2-18,29-31,39H,19-21H2,1H3,(H,35,40). The van der Waals surface area contributed by atoms with Crippen LogP contribution in [0.5, 0.6) is 5.75 Å². The molecule has 3 unspecified atom stereocenters. The van der Waals surface area contributed by atoms with Gasteiger partial charge in [0.05, 0.1) is 25.2 Å². The van der Waals surface area contributed by atoms with Gasteiger partial charge in [0.25, 0.3) is 5.91 Å². The molecule has 9 heteroatoms. The molecule has 1 aliphatic rings. The molecule has 1 heterocycles. The summed E-state index contributed by atoms with van der Waals surface area (Å²) in [6.45, 7) is 0.313. The first kappa shape index (κ1) is 28.4. The SMILES string of the molecule is COc1ccc(C2C(CCC(O)c3ccccc3)C(=O)N2c2ccc(CNC(=O)c3ccc(N=[N+]=[N-])cc3)cc2)cc1. The second-order valence-corrected chi connectivity index (χ2v) is 10.1. The van der Waals surface area contributed by atoms with Crippen molar-refractivity contribution in [1.82, 2.24) is 5.32 Å². The maximum Gasteiger partial charge on any atom is 0.251 e. The van der Waals surface area contributed by atoms with E-state index in [4.69, 9.17) is 10.3 Å².